The Morgan fingerprint density at radius 1 is 1.44 bits per heavy atom. The molecule has 0 spiro atoms. The zero-order valence-electron chi connectivity index (χ0n) is 10.9. The first-order valence-corrected chi connectivity index (χ1v) is 6.00. The van der Waals surface area contributed by atoms with Gasteiger partial charge in [0.05, 0.1) is 0 Å². The van der Waals surface area contributed by atoms with Gasteiger partial charge >= 0.3 is 6.03 Å². The van der Waals surface area contributed by atoms with Crippen molar-refractivity contribution in [3.8, 4) is 0 Å². The summed E-state index contributed by atoms with van der Waals surface area (Å²) in [6.07, 6.45) is 2.78. The van der Waals surface area contributed by atoms with Gasteiger partial charge in [0.15, 0.2) is 0 Å². The number of amides is 3. The Balaban J connectivity index is 0.00000289. The third-order valence-corrected chi connectivity index (χ3v) is 3.15. The maximum atomic E-state index is 11.4. The summed E-state index contributed by atoms with van der Waals surface area (Å²) < 4.78 is 0. The Morgan fingerprint density at radius 3 is 2.50 bits per heavy atom. The third-order valence-electron chi connectivity index (χ3n) is 3.15. The molecule has 0 bridgehead atoms. The van der Waals surface area contributed by atoms with Crippen molar-refractivity contribution in [1.29, 1.82) is 0 Å². The van der Waals surface area contributed by atoms with Crippen molar-refractivity contribution in [2.24, 2.45) is 11.7 Å². The highest BCUT2D eigenvalue weighted by atomic mass is 35.5. The van der Waals surface area contributed by atoms with Crippen LogP contribution in [0.3, 0.4) is 0 Å². The first-order chi connectivity index (χ1) is 8.08. The van der Waals surface area contributed by atoms with Gasteiger partial charge in [-0.25, -0.2) is 4.79 Å². The maximum Gasteiger partial charge on any atom is 0.321 e. The Hall–Kier alpha value is -0.850. The molecule has 7 heteroatoms. The molecule has 3 amide bonds. The summed E-state index contributed by atoms with van der Waals surface area (Å²) in [6, 6.07) is -0.0991. The standard InChI is InChI=1S/C11H22N4O2.ClH/c1-13-11(17)14-10(16)5-6-15(2)9(7-12)8-3-4-8;/h8-9H,3-7,12H2,1-2H3,(H2,13,14,16,17);1H. The molecule has 0 saturated heterocycles. The molecule has 0 aromatic carbocycles. The minimum atomic E-state index is -0.463. The van der Waals surface area contributed by atoms with Crippen LogP contribution in [0.2, 0.25) is 0 Å². The number of nitrogens with one attached hydrogen (secondary N) is 2. The highest BCUT2D eigenvalue weighted by molar-refractivity contribution is 5.94. The lowest BCUT2D eigenvalue weighted by Crippen LogP contribution is -2.43. The molecule has 1 atom stereocenters. The molecule has 4 N–H and O–H groups in total. The number of hydrogen-bond donors (Lipinski definition) is 3. The Bertz CT molecular complexity index is 284. The number of urea groups is 1. The monoisotopic (exact) mass is 278 g/mol. The third kappa shape index (κ3) is 5.66. The molecule has 106 valence electrons. The molecule has 1 saturated carbocycles. The summed E-state index contributed by atoms with van der Waals surface area (Å²) in [5.41, 5.74) is 5.72. The molecule has 1 unspecified atom stereocenters. The largest absolute Gasteiger partial charge is 0.341 e. The number of likely N-dealkylation sites (N-methyl/N-ethyl adjacent to an activating group) is 1. The second-order valence-corrected chi connectivity index (χ2v) is 4.50. The number of nitrogens with two attached hydrogens (primary N) is 1. The van der Waals surface area contributed by atoms with Crippen molar-refractivity contribution in [2.45, 2.75) is 25.3 Å². The van der Waals surface area contributed by atoms with Gasteiger partial charge in [0.25, 0.3) is 0 Å². The predicted molar refractivity (Wildman–Crippen MR) is 72.7 cm³/mol. The Kier molecular flexibility index (Phi) is 7.90. The summed E-state index contributed by atoms with van der Waals surface area (Å²) in [5.74, 6) is 0.426. The molecule has 1 aliphatic carbocycles. The number of nitrogens with zero attached hydrogens (tertiary/aromatic N) is 1. The molecular weight excluding hydrogens is 256 g/mol. The second-order valence-electron chi connectivity index (χ2n) is 4.50. The van der Waals surface area contributed by atoms with Gasteiger partial charge in [-0.2, -0.15) is 0 Å². The number of rotatable bonds is 6. The van der Waals surface area contributed by atoms with Gasteiger partial charge < -0.3 is 16.0 Å². The minimum Gasteiger partial charge on any atom is -0.341 e. The van der Waals surface area contributed by atoms with E-state index in [0.29, 0.717) is 31.5 Å². The summed E-state index contributed by atoms with van der Waals surface area (Å²) >= 11 is 0. The van der Waals surface area contributed by atoms with E-state index in [1.807, 2.05) is 7.05 Å². The van der Waals surface area contributed by atoms with Crippen molar-refractivity contribution < 1.29 is 9.59 Å². The average Bonchev–Trinajstić information content (AvgIpc) is 3.11. The fourth-order valence-electron chi connectivity index (χ4n) is 1.91. The average molecular weight is 279 g/mol. The summed E-state index contributed by atoms with van der Waals surface area (Å²) in [6.45, 7) is 1.25. The van der Waals surface area contributed by atoms with Crippen LogP contribution in [0.4, 0.5) is 4.79 Å². The van der Waals surface area contributed by atoms with E-state index in [2.05, 4.69) is 15.5 Å². The lowest BCUT2D eigenvalue weighted by molar-refractivity contribution is -0.120. The van der Waals surface area contributed by atoms with Crippen LogP contribution in [0, 0.1) is 5.92 Å². The van der Waals surface area contributed by atoms with Gasteiger partial charge in [0.2, 0.25) is 5.91 Å². The maximum absolute atomic E-state index is 11.4. The number of halogens is 1. The second kappa shape index (κ2) is 8.29. The van der Waals surface area contributed by atoms with Crippen molar-refractivity contribution in [3.05, 3.63) is 0 Å². The van der Waals surface area contributed by atoms with E-state index in [-0.39, 0.29) is 18.3 Å². The Labute approximate surface area is 114 Å². The zero-order chi connectivity index (χ0) is 12.8. The van der Waals surface area contributed by atoms with Crippen LogP contribution in [-0.4, -0.2) is 50.1 Å². The SMILES string of the molecule is CNC(=O)NC(=O)CCN(C)C(CN)C1CC1.Cl. The number of carbonyl (C=O) groups is 2. The van der Waals surface area contributed by atoms with E-state index in [4.69, 9.17) is 5.73 Å². The number of imide groups is 1. The van der Waals surface area contributed by atoms with Crippen LogP contribution in [0.5, 0.6) is 0 Å². The van der Waals surface area contributed by atoms with E-state index < -0.39 is 6.03 Å². The van der Waals surface area contributed by atoms with E-state index in [1.54, 1.807) is 0 Å². The molecule has 0 aromatic rings. The Morgan fingerprint density at radius 2 is 2.06 bits per heavy atom. The van der Waals surface area contributed by atoms with Crippen LogP contribution in [0.15, 0.2) is 0 Å². The van der Waals surface area contributed by atoms with E-state index >= 15 is 0 Å². The van der Waals surface area contributed by atoms with Crippen molar-refractivity contribution in [1.82, 2.24) is 15.5 Å². The highest BCUT2D eigenvalue weighted by Gasteiger charge is 2.32. The first kappa shape index (κ1) is 17.2. The molecule has 0 heterocycles. The molecule has 18 heavy (non-hydrogen) atoms. The van der Waals surface area contributed by atoms with Crippen LogP contribution < -0.4 is 16.4 Å². The van der Waals surface area contributed by atoms with E-state index in [9.17, 15) is 9.59 Å². The van der Waals surface area contributed by atoms with Crippen LogP contribution >= 0.6 is 12.4 Å². The highest BCUT2D eigenvalue weighted by Crippen LogP contribution is 2.34. The van der Waals surface area contributed by atoms with Crippen LogP contribution in [-0.2, 0) is 4.79 Å². The molecule has 6 nitrogen and oxygen atoms in total. The summed E-state index contributed by atoms with van der Waals surface area (Å²) in [4.78, 5) is 24.4. The zero-order valence-corrected chi connectivity index (χ0v) is 11.8. The summed E-state index contributed by atoms with van der Waals surface area (Å²) in [5, 5.41) is 4.58. The van der Waals surface area contributed by atoms with E-state index in [0.717, 1.165) is 0 Å². The van der Waals surface area contributed by atoms with Crippen LogP contribution in [0.1, 0.15) is 19.3 Å². The number of carbonyl (C=O) groups excluding carboxylic acids is 2. The van der Waals surface area contributed by atoms with Gasteiger partial charge in [-0.1, -0.05) is 0 Å². The molecule has 1 aliphatic rings. The smallest absolute Gasteiger partial charge is 0.321 e. The molecule has 1 rings (SSSR count). The quantitative estimate of drug-likeness (QED) is 0.634. The van der Waals surface area contributed by atoms with Crippen molar-refractivity contribution >= 4 is 24.3 Å². The molecule has 0 aliphatic heterocycles. The van der Waals surface area contributed by atoms with Gasteiger partial charge in [0.1, 0.15) is 0 Å². The molecule has 0 aromatic heterocycles. The minimum absolute atomic E-state index is 0. The molecular formula is C11H23ClN4O2. The fourth-order valence-corrected chi connectivity index (χ4v) is 1.91. The van der Waals surface area contributed by atoms with Crippen molar-refractivity contribution in [2.75, 3.05) is 27.2 Å². The lowest BCUT2D eigenvalue weighted by Gasteiger charge is -2.26. The normalized spacial score (nSPS) is 15.8. The lowest BCUT2D eigenvalue weighted by atomic mass is 10.1. The molecule has 0 radical (unpaired) electrons. The van der Waals surface area contributed by atoms with Crippen LogP contribution in [0.25, 0.3) is 0 Å². The topological polar surface area (TPSA) is 87.5 Å². The van der Waals surface area contributed by atoms with Gasteiger partial charge in [0, 0.05) is 32.6 Å². The van der Waals surface area contributed by atoms with Gasteiger partial charge in [-0.05, 0) is 25.8 Å². The van der Waals surface area contributed by atoms with Crippen molar-refractivity contribution in [3.63, 3.8) is 0 Å². The van der Waals surface area contributed by atoms with E-state index in [1.165, 1.54) is 19.9 Å². The first-order valence-electron chi connectivity index (χ1n) is 6.00. The molecule has 1 fully saturated rings. The predicted octanol–water partition coefficient (Wildman–Crippen LogP) is -0.0770. The van der Waals surface area contributed by atoms with Gasteiger partial charge in [-0.15, -0.1) is 12.4 Å². The van der Waals surface area contributed by atoms with Gasteiger partial charge in [-0.3, -0.25) is 10.1 Å². The number of hydrogen-bond acceptors (Lipinski definition) is 4. The fraction of sp³-hybridized carbons (Fsp3) is 0.818. The summed E-state index contributed by atoms with van der Waals surface area (Å²) in [7, 11) is 3.45.